The summed E-state index contributed by atoms with van der Waals surface area (Å²) in [4.78, 5) is 11.3. The Morgan fingerprint density at radius 2 is 1.83 bits per heavy atom. The van der Waals surface area contributed by atoms with Gasteiger partial charge in [0.25, 0.3) is 0 Å². The molecule has 0 unspecified atom stereocenters. The van der Waals surface area contributed by atoms with Crippen LogP contribution < -0.4 is 0 Å². The van der Waals surface area contributed by atoms with Crippen LogP contribution in [0.3, 0.4) is 0 Å². The zero-order valence-corrected chi connectivity index (χ0v) is 11.0. The van der Waals surface area contributed by atoms with Crippen molar-refractivity contribution in [3.63, 3.8) is 0 Å². The van der Waals surface area contributed by atoms with Crippen molar-refractivity contribution in [1.82, 2.24) is 0 Å². The highest BCUT2D eigenvalue weighted by atomic mass is 35.5. The van der Waals surface area contributed by atoms with E-state index in [9.17, 15) is 9.90 Å². The summed E-state index contributed by atoms with van der Waals surface area (Å²) in [6, 6.07) is 11.0. The molecule has 0 saturated carbocycles. The van der Waals surface area contributed by atoms with E-state index in [-0.39, 0.29) is 0 Å². The Morgan fingerprint density at radius 3 is 2.44 bits per heavy atom. The second-order valence-electron chi connectivity index (χ2n) is 4.27. The Balaban J connectivity index is 2.67. The lowest BCUT2D eigenvalue weighted by Gasteiger charge is -2.10. The largest absolute Gasteiger partial charge is 0.478 e. The van der Waals surface area contributed by atoms with Crippen molar-refractivity contribution in [3.05, 3.63) is 58.1 Å². The first-order valence-electron chi connectivity index (χ1n) is 5.60. The molecule has 1 N–H and O–H groups in total. The maximum absolute atomic E-state index is 11.3. The summed E-state index contributed by atoms with van der Waals surface area (Å²) in [7, 11) is 0. The number of aromatic carboxylic acids is 1. The van der Waals surface area contributed by atoms with E-state index in [1.54, 1.807) is 25.1 Å². The first-order chi connectivity index (χ1) is 8.50. The number of benzene rings is 2. The Morgan fingerprint density at radius 1 is 1.11 bits per heavy atom. The lowest BCUT2D eigenvalue weighted by Crippen LogP contribution is -2.02. The number of halogens is 1. The number of rotatable bonds is 2. The van der Waals surface area contributed by atoms with Gasteiger partial charge >= 0.3 is 5.97 Å². The molecule has 0 aliphatic rings. The van der Waals surface area contributed by atoms with Gasteiger partial charge in [-0.1, -0.05) is 41.9 Å². The van der Waals surface area contributed by atoms with E-state index in [1.807, 2.05) is 25.1 Å². The van der Waals surface area contributed by atoms with Gasteiger partial charge in [0, 0.05) is 5.02 Å². The van der Waals surface area contributed by atoms with Gasteiger partial charge in [0.15, 0.2) is 0 Å². The maximum Gasteiger partial charge on any atom is 0.336 e. The number of hydrogen-bond donors (Lipinski definition) is 1. The summed E-state index contributed by atoms with van der Waals surface area (Å²) in [6.45, 7) is 3.71. The number of carbonyl (C=O) groups is 1. The first-order valence-corrected chi connectivity index (χ1v) is 5.98. The predicted octanol–water partition coefficient (Wildman–Crippen LogP) is 4.32. The van der Waals surface area contributed by atoms with Gasteiger partial charge in [-0.2, -0.15) is 0 Å². The summed E-state index contributed by atoms with van der Waals surface area (Å²) in [5, 5.41) is 9.94. The third-order valence-electron chi connectivity index (χ3n) is 2.97. The molecule has 0 amide bonds. The predicted molar refractivity (Wildman–Crippen MR) is 73.3 cm³/mol. The Bertz CT molecular complexity index is 618. The van der Waals surface area contributed by atoms with Gasteiger partial charge in [-0.15, -0.1) is 0 Å². The molecule has 0 saturated heterocycles. The first kappa shape index (κ1) is 12.7. The quantitative estimate of drug-likeness (QED) is 0.873. The highest BCUT2D eigenvalue weighted by molar-refractivity contribution is 6.31. The molecule has 3 heteroatoms. The van der Waals surface area contributed by atoms with Crippen LogP contribution in [0.15, 0.2) is 36.4 Å². The molecule has 2 aromatic rings. The molecule has 92 valence electrons. The molecule has 0 fully saturated rings. The zero-order valence-electron chi connectivity index (χ0n) is 10.2. The summed E-state index contributed by atoms with van der Waals surface area (Å²) in [6.07, 6.45) is 0. The number of hydrogen-bond acceptors (Lipinski definition) is 1. The normalized spacial score (nSPS) is 10.4. The average Bonchev–Trinajstić information content (AvgIpc) is 2.32. The number of carboxylic acids is 1. The summed E-state index contributed by atoms with van der Waals surface area (Å²) < 4.78 is 0. The van der Waals surface area contributed by atoms with Gasteiger partial charge in [0.2, 0.25) is 0 Å². The summed E-state index contributed by atoms with van der Waals surface area (Å²) in [5.74, 6) is -0.917. The van der Waals surface area contributed by atoms with Crippen molar-refractivity contribution in [1.29, 1.82) is 0 Å². The van der Waals surface area contributed by atoms with E-state index in [0.717, 1.165) is 16.7 Å². The molecular formula is C15H13ClO2. The molecule has 0 bridgehead atoms. The van der Waals surface area contributed by atoms with E-state index in [2.05, 4.69) is 0 Å². The molecule has 0 spiro atoms. The fourth-order valence-corrected chi connectivity index (χ4v) is 2.13. The molecule has 0 atom stereocenters. The van der Waals surface area contributed by atoms with Crippen LogP contribution in [0.4, 0.5) is 0 Å². The van der Waals surface area contributed by atoms with Crippen molar-refractivity contribution in [2.75, 3.05) is 0 Å². The van der Waals surface area contributed by atoms with E-state index < -0.39 is 5.97 Å². The smallest absolute Gasteiger partial charge is 0.336 e. The molecule has 2 rings (SSSR count). The monoisotopic (exact) mass is 260 g/mol. The Kier molecular flexibility index (Phi) is 3.39. The van der Waals surface area contributed by atoms with E-state index in [4.69, 9.17) is 11.6 Å². The minimum absolute atomic E-state index is 0.331. The van der Waals surface area contributed by atoms with Crippen LogP contribution in [0.2, 0.25) is 5.02 Å². The van der Waals surface area contributed by atoms with Gasteiger partial charge in [0.1, 0.15) is 0 Å². The average molecular weight is 261 g/mol. The highest BCUT2D eigenvalue weighted by Crippen LogP contribution is 2.29. The van der Waals surface area contributed by atoms with Crippen LogP contribution in [0, 0.1) is 13.8 Å². The minimum Gasteiger partial charge on any atom is -0.478 e. The van der Waals surface area contributed by atoms with Gasteiger partial charge in [0.05, 0.1) is 5.56 Å². The van der Waals surface area contributed by atoms with Crippen LogP contribution in [0.25, 0.3) is 11.1 Å². The molecule has 18 heavy (non-hydrogen) atoms. The van der Waals surface area contributed by atoms with Crippen molar-refractivity contribution >= 4 is 17.6 Å². The third-order valence-corrected chi connectivity index (χ3v) is 3.38. The topological polar surface area (TPSA) is 37.3 Å². The van der Waals surface area contributed by atoms with Gasteiger partial charge in [-0.3, -0.25) is 0 Å². The summed E-state index contributed by atoms with van der Waals surface area (Å²) >= 11 is 6.09. The Hall–Kier alpha value is -1.80. The summed E-state index contributed by atoms with van der Waals surface area (Å²) in [5.41, 5.74) is 3.58. The van der Waals surface area contributed by atoms with Gasteiger partial charge in [-0.25, -0.2) is 4.79 Å². The molecule has 2 nitrogen and oxygen atoms in total. The fourth-order valence-electron chi connectivity index (χ4n) is 1.95. The number of carboxylic acid groups (broad SMARTS) is 1. The lowest BCUT2D eigenvalue weighted by atomic mass is 9.95. The van der Waals surface area contributed by atoms with Crippen molar-refractivity contribution < 1.29 is 9.90 Å². The molecule has 0 aliphatic heterocycles. The van der Waals surface area contributed by atoms with E-state index >= 15 is 0 Å². The van der Waals surface area contributed by atoms with E-state index in [1.165, 1.54) is 0 Å². The van der Waals surface area contributed by atoms with Gasteiger partial charge in [-0.05, 0) is 42.2 Å². The maximum atomic E-state index is 11.3. The molecule has 0 heterocycles. The van der Waals surface area contributed by atoms with Crippen LogP contribution >= 0.6 is 11.6 Å². The van der Waals surface area contributed by atoms with Crippen molar-refractivity contribution in [2.24, 2.45) is 0 Å². The lowest BCUT2D eigenvalue weighted by molar-refractivity contribution is 0.0697. The number of aryl methyl sites for hydroxylation is 2. The second-order valence-corrected chi connectivity index (χ2v) is 4.67. The Labute approximate surface area is 111 Å². The molecular weight excluding hydrogens is 248 g/mol. The minimum atomic E-state index is -0.917. The third kappa shape index (κ3) is 2.24. The fraction of sp³-hybridized carbons (Fsp3) is 0.133. The van der Waals surface area contributed by atoms with Crippen LogP contribution in [0.5, 0.6) is 0 Å². The molecule has 0 aliphatic carbocycles. The molecule has 0 radical (unpaired) electrons. The zero-order chi connectivity index (χ0) is 13.3. The van der Waals surface area contributed by atoms with Crippen LogP contribution in [-0.2, 0) is 0 Å². The SMILES string of the molecule is Cc1ccc(-c2cccc(C)c2C(=O)O)cc1Cl. The molecule has 0 aromatic heterocycles. The highest BCUT2D eigenvalue weighted by Gasteiger charge is 2.14. The van der Waals surface area contributed by atoms with Crippen molar-refractivity contribution in [3.8, 4) is 11.1 Å². The standard InChI is InChI=1S/C15H13ClO2/c1-9-6-7-11(8-13(9)16)12-5-3-4-10(2)14(12)15(17)18/h3-8H,1-2H3,(H,17,18). The van der Waals surface area contributed by atoms with E-state index in [0.29, 0.717) is 16.1 Å². The van der Waals surface area contributed by atoms with Crippen molar-refractivity contribution in [2.45, 2.75) is 13.8 Å². The second kappa shape index (κ2) is 4.83. The van der Waals surface area contributed by atoms with Crippen LogP contribution in [0.1, 0.15) is 21.5 Å². The van der Waals surface area contributed by atoms with Crippen LogP contribution in [-0.4, -0.2) is 11.1 Å². The van der Waals surface area contributed by atoms with Gasteiger partial charge < -0.3 is 5.11 Å². The molecule has 2 aromatic carbocycles.